The van der Waals surface area contributed by atoms with Gasteiger partial charge in [-0.15, -0.1) is 0 Å². The zero-order chi connectivity index (χ0) is 14.4. The van der Waals surface area contributed by atoms with E-state index in [1.165, 1.54) is 5.56 Å². The van der Waals surface area contributed by atoms with Crippen LogP contribution in [-0.4, -0.2) is 38.8 Å². The standard InChI is InChI=1S/C15H22N2O3/c1-11(15(18)17-8-9-19-2)20-13-6-5-12-4-3-7-16-14(12)10-13/h5-6,10-11,16H,3-4,7-9H2,1-2H3,(H,17,18). The molecule has 0 aliphatic carbocycles. The molecule has 0 radical (unpaired) electrons. The fourth-order valence-electron chi connectivity index (χ4n) is 2.19. The van der Waals surface area contributed by atoms with Crippen LogP contribution in [0.5, 0.6) is 5.75 Å². The molecule has 1 unspecified atom stereocenters. The summed E-state index contributed by atoms with van der Waals surface area (Å²) >= 11 is 0. The van der Waals surface area contributed by atoms with Crippen LogP contribution in [0, 0.1) is 0 Å². The van der Waals surface area contributed by atoms with Gasteiger partial charge in [-0.3, -0.25) is 4.79 Å². The van der Waals surface area contributed by atoms with Gasteiger partial charge in [0.25, 0.3) is 5.91 Å². The lowest BCUT2D eigenvalue weighted by atomic mass is 10.0. The molecule has 0 aromatic heterocycles. The second-order valence-corrected chi connectivity index (χ2v) is 4.89. The summed E-state index contributed by atoms with van der Waals surface area (Å²) in [5, 5.41) is 6.11. The molecule has 110 valence electrons. The van der Waals surface area contributed by atoms with Crippen molar-refractivity contribution >= 4 is 11.6 Å². The van der Waals surface area contributed by atoms with E-state index in [-0.39, 0.29) is 5.91 Å². The maximum absolute atomic E-state index is 11.8. The van der Waals surface area contributed by atoms with E-state index in [1.54, 1.807) is 14.0 Å². The Morgan fingerprint density at radius 3 is 3.15 bits per heavy atom. The molecule has 20 heavy (non-hydrogen) atoms. The van der Waals surface area contributed by atoms with E-state index in [0.717, 1.165) is 25.1 Å². The summed E-state index contributed by atoms with van der Waals surface area (Å²) in [6.07, 6.45) is 1.73. The first kappa shape index (κ1) is 14.7. The molecule has 0 bridgehead atoms. The third-order valence-corrected chi connectivity index (χ3v) is 3.31. The summed E-state index contributed by atoms with van der Waals surface area (Å²) in [6, 6.07) is 5.95. The average molecular weight is 278 g/mol. The lowest BCUT2D eigenvalue weighted by molar-refractivity contribution is -0.127. The first-order valence-electron chi connectivity index (χ1n) is 7.01. The first-order valence-corrected chi connectivity index (χ1v) is 7.01. The van der Waals surface area contributed by atoms with Crippen LogP contribution in [0.3, 0.4) is 0 Å². The van der Waals surface area contributed by atoms with E-state index in [0.29, 0.717) is 18.9 Å². The molecule has 1 heterocycles. The number of nitrogens with one attached hydrogen (secondary N) is 2. The molecular formula is C15H22N2O3. The van der Waals surface area contributed by atoms with Gasteiger partial charge in [0.1, 0.15) is 5.75 Å². The van der Waals surface area contributed by atoms with Crippen LogP contribution >= 0.6 is 0 Å². The van der Waals surface area contributed by atoms with E-state index < -0.39 is 6.10 Å². The number of amides is 1. The number of hydrogen-bond donors (Lipinski definition) is 2. The molecule has 1 aliphatic heterocycles. The Labute approximate surface area is 119 Å². The van der Waals surface area contributed by atoms with Crippen LogP contribution in [0.1, 0.15) is 18.9 Å². The van der Waals surface area contributed by atoms with Crippen LogP contribution in [0.15, 0.2) is 18.2 Å². The van der Waals surface area contributed by atoms with Crippen molar-refractivity contribution < 1.29 is 14.3 Å². The average Bonchev–Trinajstić information content (AvgIpc) is 2.47. The molecule has 2 N–H and O–H groups in total. The maximum Gasteiger partial charge on any atom is 0.260 e. The smallest absolute Gasteiger partial charge is 0.260 e. The largest absolute Gasteiger partial charge is 0.481 e. The van der Waals surface area contributed by atoms with E-state index in [1.807, 2.05) is 12.1 Å². The predicted molar refractivity (Wildman–Crippen MR) is 78.2 cm³/mol. The fourth-order valence-corrected chi connectivity index (χ4v) is 2.19. The zero-order valence-corrected chi connectivity index (χ0v) is 12.1. The Kier molecular flexibility index (Phi) is 5.24. The number of aryl methyl sites for hydroxylation is 1. The number of fused-ring (bicyclic) bond motifs is 1. The topological polar surface area (TPSA) is 59.6 Å². The Balaban J connectivity index is 1.90. The highest BCUT2D eigenvalue weighted by Crippen LogP contribution is 2.27. The van der Waals surface area contributed by atoms with Crippen LogP contribution in [0.4, 0.5) is 5.69 Å². The zero-order valence-electron chi connectivity index (χ0n) is 12.1. The number of ether oxygens (including phenoxy) is 2. The minimum absolute atomic E-state index is 0.132. The van der Waals surface area contributed by atoms with Gasteiger partial charge in [0.15, 0.2) is 6.10 Å². The van der Waals surface area contributed by atoms with E-state index in [9.17, 15) is 4.79 Å². The quantitative estimate of drug-likeness (QED) is 0.776. The van der Waals surface area contributed by atoms with Crippen molar-refractivity contribution in [2.75, 3.05) is 32.1 Å². The van der Waals surface area contributed by atoms with Crippen molar-refractivity contribution in [3.05, 3.63) is 23.8 Å². The molecule has 1 atom stereocenters. The van der Waals surface area contributed by atoms with Crippen molar-refractivity contribution in [2.45, 2.75) is 25.9 Å². The Hall–Kier alpha value is -1.75. The normalized spacial score (nSPS) is 14.9. The van der Waals surface area contributed by atoms with Gasteiger partial charge >= 0.3 is 0 Å². The predicted octanol–water partition coefficient (Wildman–Crippen LogP) is 1.57. The molecule has 2 rings (SSSR count). The fraction of sp³-hybridized carbons (Fsp3) is 0.533. The van der Waals surface area contributed by atoms with Crippen LogP contribution in [0.25, 0.3) is 0 Å². The second-order valence-electron chi connectivity index (χ2n) is 4.89. The van der Waals surface area contributed by atoms with Crippen molar-refractivity contribution in [3.63, 3.8) is 0 Å². The van der Waals surface area contributed by atoms with Gasteiger partial charge in [0, 0.05) is 32.0 Å². The highest BCUT2D eigenvalue weighted by molar-refractivity contribution is 5.80. The maximum atomic E-state index is 11.8. The Morgan fingerprint density at radius 2 is 2.35 bits per heavy atom. The number of benzene rings is 1. The monoisotopic (exact) mass is 278 g/mol. The molecule has 5 heteroatoms. The molecular weight excluding hydrogens is 256 g/mol. The molecule has 1 aliphatic rings. The lowest BCUT2D eigenvalue weighted by Gasteiger charge is -2.20. The summed E-state index contributed by atoms with van der Waals surface area (Å²) in [4.78, 5) is 11.8. The first-order chi connectivity index (χ1) is 9.70. The van der Waals surface area contributed by atoms with E-state index in [4.69, 9.17) is 9.47 Å². The third kappa shape index (κ3) is 3.87. The summed E-state index contributed by atoms with van der Waals surface area (Å²) in [5.41, 5.74) is 2.42. The minimum Gasteiger partial charge on any atom is -0.481 e. The molecule has 0 saturated carbocycles. The van der Waals surface area contributed by atoms with Gasteiger partial charge in [-0.05, 0) is 31.4 Å². The molecule has 1 amide bonds. The molecule has 1 aromatic carbocycles. The summed E-state index contributed by atoms with van der Waals surface area (Å²) in [5.74, 6) is 0.584. The summed E-state index contributed by atoms with van der Waals surface area (Å²) < 4.78 is 10.6. The summed E-state index contributed by atoms with van der Waals surface area (Å²) in [6.45, 7) is 3.73. The lowest BCUT2D eigenvalue weighted by Crippen LogP contribution is -2.37. The molecule has 1 aromatic rings. The highest BCUT2D eigenvalue weighted by atomic mass is 16.5. The number of methoxy groups -OCH3 is 1. The Bertz CT molecular complexity index is 462. The van der Waals surface area contributed by atoms with Crippen molar-refractivity contribution in [3.8, 4) is 5.75 Å². The molecule has 0 saturated heterocycles. The van der Waals surface area contributed by atoms with Crippen molar-refractivity contribution in [2.24, 2.45) is 0 Å². The molecule has 0 spiro atoms. The number of carbonyl (C=O) groups excluding carboxylic acids is 1. The Morgan fingerprint density at radius 1 is 1.50 bits per heavy atom. The number of rotatable bonds is 6. The van der Waals surface area contributed by atoms with Gasteiger partial charge in [-0.2, -0.15) is 0 Å². The SMILES string of the molecule is COCCNC(=O)C(C)Oc1ccc2c(c1)NCCC2. The van der Waals surface area contributed by atoms with Gasteiger partial charge in [0.2, 0.25) is 0 Å². The van der Waals surface area contributed by atoms with Gasteiger partial charge in [-0.1, -0.05) is 6.07 Å². The van der Waals surface area contributed by atoms with Crippen LogP contribution < -0.4 is 15.4 Å². The van der Waals surface area contributed by atoms with Gasteiger partial charge in [-0.25, -0.2) is 0 Å². The number of hydrogen-bond acceptors (Lipinski definition) is 4. The molecule has 5 nitrogen and oxygen atoms in total. The van der Waals surface area contributed by atoms with Crippen molar-refractivity contribution in [1.29, 1.82) is 0 Å². The van der Waals surface area contributed by atoms with Crippen LogP contribution in [0.2, 0.25) is 0 Å². The van der Waals surface area contributed by atoms with Crippen LogP contribution in [-0.2, 0) is 16.0 Å². The highest BCUT2D eigenvalue weighted by Gasteiger charge is 2.15. The minimum atomic E-state index is -0.520. The number of anilines is 1. The van der Waals surface area contributed by atoms with Gasteiger partial charge in [0.05, 0.1) is 6.61 Å². The van der Waals surface area contributed by atoms with Gasteiger partial charge < -0.3 is 20.1 Å². The summed E-state index contributed by atoms with van der Waals surface area (Å²) in [7, 11) is 1.60. The van der Waals surface area contributed by atoms with E-state index in [2.05, 4.69) is 16.7 Å². The van der Waals surface area contributed by atoms with E-state index >= 15 is 0 Å². The molecule has 0 fully saturated rings. The number of carbonyl (C=O) groups is 1. The van der Waals surface area contributed by atoms with Crippen molar-refractivity contribution in [1.82, 2.24) is 5.32 Å². The second kappa shape index (κ2) is 7.14. The third-order valence-electron chi connectivity index (χ3n) is 3.31.